The summed E-state index contributed by atoms with van der Waals surface area (Å²) >= 11 is 0. The zero-order valence-corrected chi connectivity index (χ0v) is 60.4. The number of hydrogen-bond acceptors (Lipinski definition) is 12. The van der Waals surface area contributed by atoms with Gasteiger partial charge in [0.15, 0.2) is 17.5 Å². The Bertz CT molecular complexity index is 3350. The van der Waals surface area contributed by atoms with Crippen LogP contribution in [0.2, 0.25) is 0 Å². The number of unbranched alkanes of at least 4 members (excludes halogenated alkanes) is 4. The van der Waals surface area contributed by atoms with Gasteiger partial charge in [-0.2, -0.15) is 52.7 Å². The SMILES string of the molecule is O=C1CCC/C=C\CC2C=C(F)C(=O)/C2=C/C[C@@H](CCCCC(F)(F)F)OC(=O)CCC/C=C\C[C@H]2C=C(F)C(O)/C2=C/C[C@H](CCCCC(F)(F)F)OC(=O)CCC/C=C\CC2C=C(F)C(=O)/C2=C/C[C@@H](CCCCC(F)(F)F)OC(=O)CCC/C=C\C[C@H]2C=C(F)C(=O)/C2=C/C[C@H](CCCCC(F)(F)F)O1. The zero-order valence-electron chi connectivity index (χ0n) is 60.4. The summed E-state index contributed by atoms with van der Waals surface area (Å²) in [4.78, 5) is 91.9. The molecule has 12 nitrogen and oxygen atoms in total. The third kappa shape index (κ3) is 36.4. The van der Waals surface area contributed by atoms with Crippen LogP contribution in [0.1, 0.15) is 231 Å². The van der Waals surface area contributed by atoms with Gasteiger partial charge in [-0.1, -0.05) is 72.9 Å². The van der Waals surface area contributed by atoms with Crippen LogP contribution in [0.25, 0.3) is 0 Å². The Morgan fingerprint density at radius 1 is 0.324 bits per heavy atom. The molecule has 0 amide bonds. The van der Waals surface area contributed by atoms with Crippen LogP contribution in [0, 0.1) is 23.7 Å². The number of ether oxygens (including phenoxy) is 4. The number of aliphatic hydroxyl groups excluding tert-OH is 1. The molecule has 0 saturated heterocycles. The summed E-state index contributed by atoms with van der Waals surface area (Å²) in [5.74, 6) is -12.8. The number of fused-ring (bicyclic) bond motifs is 4. The van der Waals surface area contributed by atoms with Gasteiger partial charge in [-0.3, -0.25) is 33.6 Å². The number of ketones is 3. The lowest BCUT2D eigenvalue weighted by molar-refractivity contribution is -0.150. The summed E-state index contributed by atoms with van der Waals surface area (Å²) in [6.07, 6.45) is -4.83. The second-order valence-electron chi connectivity index (χ2n) is 27.8. The molecule has 4 aliphatic carbocycles. The first-order valence-electron chi connectivity index (χ1n) is 37.3. The maximum atomic E-state index is 15.0. The monoisotopic (exact) mass is 1550 g/mol. The Morgan fingerprint density at radius 2 is 0.574 bits per heavy atom. The maximum Gasteiger partial charge on any atom is 0.389 e. The maximum absolute atomic E-state index is 15.0. The molecule has 1 aliphatic heterocycles. The van der Waals surface area contributed by atoms with Crippen LogP contribution >= 0.6 is 0 Å². The molecule has 28 heteroatoms. The van der Waals surface area contributed by atoms with E-state index < -0.39 is 169 Å². The van der Waals surface area contributed by atoms with Crippen LogP contribution in [-0.4, -0.2) is 102 Å². The fourth-order valence-electron chi connectivity index (χ4n) is 13.1. The highest BCUT2D eigenvalue weighted by molar-refractivity contribution is 6.11. The molecule has 0 aromatic carbocycles. The number of carbonyl (C=O) groups excluding carboxylic acids is 7. The number of aliphatic hydroxyl groups is 1. The smallest absolute Gasteiger partial charge is 0.389 e. The topological polar surface area (TPSA) is 177 Å². The van der Waals surface area contributed by atoms with Crippen molar-refractivity contribution in [3.05, 3.63) is 143 Å². The average Bonchev–Trinajstić information content (AvgIpc) is 1.71. The van der Waals surface area contributed by atoms with E-state index in [4.69, 9.17) is 18.9 Å². The quantitative estimate of drug-likeness (QED) is 0.0509. The number of carbonyl (C=O) groups is 7. The third-order valence-electron chi connectivity index (χ3n) is 18.8. The van der Waals surface area contributed by atoms with Crippen LogP contribution in [-0.2, 0) is 52.5 Å². The molecule has 3 unspecified atom stereocenters. The first kappa shape index (κ1) is 91.2. The second-order valence-corrected chi connectivity index (χ2v) is 27.8. The molecule has 0 radical (unpaired) electrons. The van der Waals surface area contributed by atoms with Crippen molar-refractivity contribution < 1.29 is 128 Å². The largest absolute Gasteiger partial charge is 0.462 e. The van der Waals surface area contributed by atoms with Crippen molar-refractivity contribution in [2.75, 3.05) is 0 Å². The predicted octanol–water partition coefficient (Wildman–Crippen LogP) is 21.9. The van der Waals surface area contributed by atoms with Crippen molar-refractivity contribution in [3.63, 3.8) is 0 Å². The van der Waals surface area contributed by atoms with E-state index in [9.17, 15) is 105 Å². The van der Waals surface area contributed by atoms with Crippen molar-refractivity contribution >= 4 is 41.2 Å². The molecular formula is C80H98F16O12. The molecule has 602 valence electrons. The minimum Gasteiger partial charge on any atom is -0.462 e. The Hall–Kier alpha value is -7.39. The fraction of sp³-hybridized carbons (Fsp3) is 0.613. The molecule has 5 aliphatic rings. The summed E-state index contributed by atoms with van der Waals surface area (Å²) in [5.41, 5.74) is 0.256. The van der Waals surface area contributed by atoms with E-state index in [1.807, 2.05) is 0 Å². The number of rotatable bonds is 16. The van der Waals surface area contributed by atoms with Gasteiger partial charge in [-0.15, -0.1) is 0 Å². The van der Waals surface area contributed by atoms with Gasteiger partial charge in [-0.25, -0.2) is 17.6 Å². The van der Waals surface area contributed by atoms with E-state index in [0.29, 0.717) is 0 Å². The van der Waals surface area contributed by atoms with Gasteiger partial charge < -0.3 is 24.1 Å². The van der Waals surface area contributed by atoms with E-state index in [-0.39, 0.29) is 228 Å². The van der Waals surface area contributed by atoms with Crippen molar-refractivity contribution in [2.45, 2.75) is 286 Å². The minimum atomic E-state index is -4.46. The van der Waals surface area contributed by atoms with E-state index in [1.165, 1.54) is 30.4 Å². The molecule has 0 saturated carbocycles. The van der Waals surface area contributed by atoms with Gasteiger partial charge in [0, 0.05) is 117 Å². The lowest BCUT2D eigenvalue weighted by atomic mass is 9.95. The summed E-state index contributed by atoms with van der Waals surface area (Å²) in [7, 11) is 0. The van der Waals surface area contributed by atoms with Gasteiger partial charge in [0.1, 0.15) is 36.3 Å². The number of cyclic esters (lactones) is 4. The Balaban J connectivity index is 1.34. The van der Waals surface area contributed by atoms with Crippen LogP contribution in [0.4, 0.5) is 70.2 Å². The third-order valence-corrected chi connectivity index (χ3v) is 18.8. The second kappa shape index (κ2) is 46.3. The Morgan fingerprint density at radius 3 is 0.833 bits per heavy atom. The van der Waals surface area contributed by atoms with Gasteiger partial charge in [0.2, 0.25) is 17.3 Å². The number of Topliss-reactive ketones (excluding diaryl/α,β-unsaturated/α-hetero) is 3. The summed E-state index contributed by atoms with van der Waals surface area (Å²) in [5, 5.41) is 10.8. The molecule has 5 rings (SSSR count). The highest BCUT2D eigenvalue weighted by Crippen LogP contribution is 2.38. The van der Waals surface area contributed by atoms with Crippen molar-refractivity contribution in [1.29, 1.82) is 0 Å². The average molecular weight is 1560 g/mol. The zero-order chi connectivity index (χ0) is 79.5. The van der Waals surface area contributed by atoms with Crippen LogP contribution in [0.3, 0.4) is 0 Å². The number of allylic oxidation sites excluding steroid dienone is 18. The van der Waals surface area contributed by atoms with Crippen LogP contribution < -0.4 is 0 Å². The summed E-state index contributed by atoms with van der Waals surface area (Å²) in [6, 6.07) is 0. The first-order chi connectivity index (χ1) is 51.0. The molecule has 0 bridgehead atoms. The molecule has 0 spiro atoms. The van der Waals surface area contributed by atoms with Gasteiger partial charge in [0.05, 0.1) is 0 Å². The number of halogens is 16. The van der Waals surface area contributed by atoms with Crippen molar-refractivity contribution in [3.8, 4) is 0 Å². The Labute approximate surface area is 619 Å². The fourth-order valence-corrected chi connectivity index (χ4v) is 13.1. The molecule has 0 fully saturated rings. The lowest BCUT2D eigenvalue weighted by Gasteiger charge is -2.19. The number of hydrogen-bond donors (Lipinski definition) is 1. The van der Waals surface area contributed by atoms with E-state index in [0.717, 1.165) is 18.2 Å². The molecule has 0 aromatic rings. The standard InChI is InChI=1S/C80H98F16O12/c81-65-49-53-25-9-1-5-13-33-69(97)105-57(29-17-21-45-77(85,86)87)38-42-62-54(50-66(82)74(62)102)26-10-3-7-15-35-71(99)107-59(31-19-23-47-79(91,92)93)40-44-64-56(52-68(84)76(64)104)28-12-4-8-16-36-72(100)108-60(32-20-24-48-80(94,95)96)39-43-63-55(51-67(83)75(63)103)27-11-2-6-14-34-70(98)106-58(37-41-61(53)73(65)101)30-18-22-46-78(88,89)90/h1-4,9-12,41-44,49-60,73,101H,5-8,13-40,45-48H2/b9-1-,10-3-,11-2-,12-4-,61-41+,62-42+,63-43+,64-44+/t53-,54?,55?,56-,57+,58-,59-,60+,73?/m0/s1. The summed E-state index contributed by atoms with van der Waals surface area (Å²) < 4.78 is 240. The van der Waals surface area contributed by atoms with Gasteiger partial charge in [-0.05, 0) is 184 Å². The van der Waals surface area contributed by atoms with Crippen molar-refractivity contribution in [2.24, 2.45) is 23.7 Å². The number of alkyl halides is 12. The van der Waals surface area contributed by atoms with Gasteiger partial charge in [0.25, 0.3) is 0 Å². The van der Waals surface area contributed by atoms with Crippen LogP contribution in [0.5, 0.6) is 0 Å². The number of esters is 4. The predicted molar refractivity (Wildman–Crippen MR) is 371 cm³/mol. The van der Waals surface area contributed by atoms with Gasteiger partial charge >= 0.3 is 48.6 Å². The molecule has 1 N–H and O–H groups in total. The minimum absolute atomic E-state index is 0.00266. The van der Waals surface area contributed by atoms with E-state index >= 15 is 4.39 Å². The molecular weight excluding hydrogens is 1460 g/mol. The lowest BCUT2D eigenvalue weighted by Crippen LogP contribution is -2.19. The summed E-state index contributed by atoms with van der Waals surface area (Å²) in [6.45, 7) is 0. The van der Waals surface area contributed by atoms with E-state index in [1.54, 1.807) is 48.6 Å². The first-order valence-corrected chi connectivity index (χ1v) is 37.3. The normalized spacial score (nSPS) is 28.7. The molecule has 108 heavy (non-hydrogen) atoms. The Kier molecular flexibility index (Phi) is 39.1. The molecule has 0 aromatic heterocycles. The highest BCUT2D eigenvalue weighted by Gasteiger charge is 2.36. The van der Waals surface area contributed by atoms with E-state index in [2.05, 4.69) is 0 Å². The van der Waals surface area contributed by atoms with Crippen molar-refractivity contribution in [1.82, 2.24) is 0 Å². The highest BCUT2D eigenvalue weighted by atomic mass is 19.4. The molecule has 9 atom stereocenters. The molecule has 1 heterocycles. The van der Waals surface area contributed by atoms with Crippen LogP contribution in [0.15, 0.2) is 143 Å².